The van der Waals surface area contributed by atoms with Gasteiger partial charge in [0.25, 0.3) is 5.56 Å². The number of anilines is 1. The number of aromatic nitrogens is 2. The average Bonchev–Trinajstić information content (AvgIpc) is 2.21. The zero-order chi connectivity index (χ0) is 11.4. The lowest BCUT2D eigenvalue weighted by molar-refractivity contribution is 0.627. The largest absolute Gasteiger partial charge is 0.356 e. The molecule has 1 atom stereocenters. The van der Waals surface area contributed by atoms with Crippen molar-refractivity contribution in [1.29, 1.82) is 0 Å². The van der Waals surface area contributed by atoms with E-state index in [0.717, 1.165) is 6.42 Å². The Bertz CT molecular complexity index is 379. The number of nitrogens with one attached hydrogen (secondary N) is 1. The van der Waals surface area contributed by atoms with Gasteiger partial charge in [0.2, 0.25) is 0 Å². The van der Waals surface area contributed by atoms with Crippen molar-refractivity contribution in [3.05, 3.63) is 20.3 Å². The highest BCUT2D eigenvalue weighted by atomic mass is 127. The van der Waals surface area contributed by atoms with Gasteiger partial charge in [-0.1, -0.05) is 0 Å². The molecule has 0 aromatic carbocycles. The standard InChI is InChI=1S/C9H15IN4O/c1-6(3-4-11)14(2)8-7(10)9(15)13-5-12-8/h5-6H,3-4,11H2,1-2H3,(H,12,13,15). The second-order valence-electron chi connectivity index (χ2n) is 3.41. The third-order valence-corrected chi connectivity index (χ3v) is 3.33. The molecule has 0 aliphatic rings. The molecule has 1 unspecified atom stereocenters. The Hall–Kier alpha value is -0.630. The Morgan fingerprint density at radius 3 is 3.00 bits per heavy atom. The SMILES string of the molecule is CC(CCN)N(C)c1nc[nH]c(=O)c1I. The van der Waals surface area contributed by atoms with E-state index in [2.05, 4.69) is 16.9 Å². The van der Waals surface area contributed by atoms with Crippen LogP contribution in [0.2, 0.25) is 0 Å². The van der Waals surface area contributed by atoms with E-state index in [-0.39, 0.29) is 11.6 Å². The van der Waals surface area contributed by atoms with Gasteiger partial charge < -0.3 is 15.6 Å². The van der Waals surface area contributed by atoms with Crippen LogP contribution >= 0.6 is 22.6 Å². The van der Waals surface area contributed by atoms with Crippen molar-refractivity contribution in [3.8, 4) is 0 Å². The summed E-state index contributed by atoms with van der Waals surface area (Å²) in [6.45, 7) is 2.69. The summed E-state index contributed by atoms with van der Waals surface area (Å²) in [5.74, 6) is 0.709. The molecule has 84 valence electrons. The number of nitrogens with two attached hydrogens (primary N) is 1. The molecule has 1 aromatic heterocycles. The molecule has 0 radical (unpaired) electrons. The first kappa shape index (κ1) is 12.4. The minimum atomic E-state index is -0.104. The van der Waals surface area contributed by atoms with Crippen molar-refractivity contribution in [3.63, 3.8) is 0 Å². The minimum absolute atomic E-state index is 0.104. The van der Waals surface area contributed by atoms with Crippen LogP contribution in [0.5, 0.6) is 0 Å². The van der Waals surface area contributed by atoms with Crippen molar-refractivity contribution in [2.45, 2.75) is 19.4 Å². The molecule has 1 heterocycles. The topological polar surface area (TPSA) is 75.0 Å². The highest BCUT2D eigenvalue weighted by Crippen LogP contribution is 2.16. The lowest BCUT2D eigenvalue weighted by atomic mass is 10.2. The molecule has 0 amide bonds. The van der Waals surface area contributed by atoms with Crippen LogP contribution in [0.25, 0.3) is 0 Å². The Kier molecular flexibility index (Phi) is 4.52. The van der Waals surface area contributed by atoms with Crippen LogP contribution in [0.1, 0.15) is 13.3 Å². The first-order valence-electron chi connectivity index (χ1n) is 4.74. The molecule has 3 N–H and O–H groups in total. The highest BCUT2D eigenvalue weighted by molar-refractivity contribution is 14.1. The Balaban J connectivity index is 2.95. The summed E-state index contributed by atoms with van der Waals surface area (Å²) in [6.07, 6.45) is 2.30. The van der Waals surface area contributed by atoms with E-state index in [9.17, 15) is 4.79 Å². The van der Waals surface area contributed by atoms with E-state index >= 15 is 0 Å². The second-order valence-corrected chi connectivity index (χ2v) is 4.49. The summed E-state index contributed by atoms with van der Waals surface area (Å²) in [7, 11) is 1.92. The molecule has 15 heavy (non-hydrogen) atoms. The molecule has 1 rings (SSSR count). The molecule has 6 heteroatoms. The Labute approximate surface area is 102 Å². The fourth-order valence-corrected chi connectivity index (χ4v) is 1.94. The van der Waals surface area contributed by atoms with Crippen LogP contribution in [-0.2, 0) is 0 Å². The van der Waals surface area contributed by atoms with Gasteiger partial charge in [0.05, 0.1) is 6.33 Å². The molecule has 0 saturated heterocycles. The fraction of sp³-hybridized carbons (Fsp3) is 0.556. The molecule has 5 nitrogen and oxygen atoms in total. The normalized spacial score (nSPS) is 12.5. The van der Waals surface area contributed by atoms with E-state index in [4.69, 9.17) is 5.73 Å². The summed E-state index contributed by atoms with van der Waals surface area (Å²) >= 11 is 2.00. The Morgan fingerprint density at radius 2 is 2.40 bits per heavy atom. The van der Waals surface area contributed by atoms with Gasteiger partial charge in [-0.05, 0) is 42.5 Å². The zero-order valence-corrected chi connectivity index (χ0v) is 11.0. The van der Waals surface area contributed by atoms with Crippen molar-refractivity contribution < 1.29 is 0 Å². The van der Waals surface area contributed by atoms with Crippen LogP contribution in [-0.4, -0.2) is 29.6 Å². The molecule has 1 aromatic rings. The smallest absolute Gasteiger partial charge is 0.266 e. The lowest BCUT2D eigenvalue weighted by Gasteiger charge is -2.25. The maximum absolute atomic E-state index is 11.4. The maximum atomic E-state index is 11.4. The van der Waals surface area contributed by atoms with Gasteiger partial charge in [-0.25, -0.2) is 4.98 Å². The van der Waals surface area contributed by atoms with Crippen LogP contribution in [0.3, 0.4) is 0 Å². The zero-order valence-electron chi connectivity index (χ0n) is 8.83. The van der Waals surface area contributed by atoms with Crippen molar-refractivity contribution in [1.82, 2.24) is 9.97 Å². The molecule has 0 spiro atoms. The van der Waals surface area contributed by atoms with Gasteiger partial charge >= 0.3 is 0 Å². The van der Waals surface area contributed by atoms with E-state index in [1.54, 1.807) is 0 Å². The van der Waals surface area contributed by atoms with Gasteiger partial charge in [0, 0.05) is 13.1 Å². The average molecular weight is 322 g/mol. The molecule has 0 saturated carbocycles. The van der Waals surface area contributed by atoms with E-state index in [1.807, 2.05) is 34.5 Å². The quantitative estimate of drug-likeness (QED) is 0.794. The number of halogens is 1. The number of H-pyrrole nitrogens is 1. The number of hydrogen-bond acceptors (Lipinski definition) is 4. The summed E-state index contributed by atoms with van der Waals surface area (Å²) in [5, 5.41) is 0. The third kappa shape index (κ3) is 2.91. The van der Waals surface area contributed by atoms with Crippen LogP contribution in [0, 0.1) is 3.57 Å². The summed E-state index contributed by atoms with van der Waals surface area (Å²) in [4.78, 5) is 20.1. The lowest BCUT2D eigenvalue weighted by Crippen LogP contribution is -2.33. The summed E-state index contributed by atoms with van der Waals surface area (Å²) < 4.78 is 0.612. The van der Waals surface area contributed by atoms with Crippen LogP contribution in [0.15, 0.2) is 11.1 Å². The third-order valence-electron chi connectivity index (χ3n) is 2.36. The number of hydrogen-bond donors (Lipinski definition) is 2. The van der Waals surface area contributed by atoms with E-state index in [0.29, 0.717) is 15.9 Å². The van der Waals surface area contributed by atoms with Gasteiger partial charge in [0.15, 0.2) is 0 Å². The molecular weight excluding hydrogens is 307 g/mol. The highest BCUT2D eigenvalue weighted by Gasteiger charge is 2.14. The molecular formula is C9H15IN4O. The van der Waals surface area contributed by atoms with Crippen molar-refractivity contribution in [2.75, 3.05) is 18.5 Å². The van der Waals surface area contributed by atoms with E-state index < -0.39 is 0 Å². The maximum Gasteiger partial charge on any atom is 0.266 e. The predicted molar refractivity (Wildman–Crippen MR) is 69.1 cm³/mol. The first-order valence-corrected chi connectivity index (χ1v) is 5.82. The second kappa shape index (κ2) is 5.45. The fourth-order valence-electron chi connectivity index (χ4n) is 1.26. The van der Waals surface area contributed by atoms with E-state index in [1.165, 1.54) is 6.33 Å². The number of rotatable bonds is 4. The molecule has 0 aliphatic carbocycles. The van der Waals surface area contributed by atoms with Crippen molar-refractivity contribution >= 4 is 28.4 Å². The van der Waals surface area contributed by atoms with Crippen molar-refractivity contribution in [2.24, 2.45) is 5.73 Å². The number of aromatic amines is 1. The molecule has 0 bridgehead atoms. The van der Waals surface area contributed by atoms with Gasteiger partial charge in [-0.3, -0.25) is 4.79 Å². The minimum Gasteiger partial charge on any atom is -0.356 e. The van der Waals surface area contributed by atoms with Crippen LogP contribution < -0.4 is 16.2 Å². The Morgan fingerprint density at radius 1 is 1.73 bits per heavy atom. The monoisotopic (exact) mass is 322 g/mol. The summed E-state index contributed by atoms with van der Waals surface area (Å²) in [6, 6.07) is 0.276. The summed E-state index contributed by atoms with van der Waals surface area (Å²) in [5.41, 5.74) is 5.39. The van der Waals surface area contributed by atoms with Gasteiger partial charge in [0.1, 0.15) is 9.39 Å². The van der Waals surface area contributed by atoms with Crippen LogP contribution in [0.4, 0.5) is 5.82 Å². The molecule has 0 aliphatic heterocycles. The number of nitrogens with zero attached hydrogens (tertiary/aromatic N) is 2. The molecule has 0 fully saturated rings. The van der Waals surface area contributed by atoms with Gasteiger partial charge in [-0.15, -0.1) is 0 Å². The van der Waals surface area contributed by atoms with Gasteiger partial charge in [-0.2, -0.15) is 0 Å². The first-order chi connectivity index (χ1) is 7.07. The predicted octanol–water partition coefficient (Wildman–Crippen LogP) is 0.548.